The number of aromatic amines is 1. The largest absolute Gasteiger partial charge is 0.496 e. The third-order valence-electron chi connectivity index (χ3n) is 4.24. The zero-order chi connectivity index (χ0) is 14.3. The fourth-order valence-corrected chi connectivity index (χ4v) is 2.54. The van der Waals surface area contributed by atoms with Gasteiger partial charge in [-0.15, -0.1) is 0 Å². The van der Waals surface area contributed by atoms with Gasteiger partial charge in [0.2, 0.25) is 0 Å². The third-order valence-corrected chi connectivity index (χ3v) is 4.24. The van der Waals surface area contributed by atoms with Crippen LogP contribution in [0.2, 0.25) is 0 Å². The molecule has 102 valence electrons. The maximum absolute atomic E-state index is 9.23. The van der Waals surface area contributed by atoms with Crippen molar-refractivity contribution in [2.45, 2.75) is 32.1 Å². The lowest BCUT2D eigenvalue weighted by Crippen LogP contribution is -2.04. The molecule has 3 rings (SSSR count). The van der Waals surface area contributed by atoms with E-state index in [0.717, 1.165) is 41.2 Å². The monoisotopic (exact) mass is 267 g/mol. The second-order valence-corrected chi connectivity index (χ2v) is 5.40. The number of nitrogens with zero attached hydrogens (tertiary/aromatic N) is 2. The number of nitrogens with one attached hydrogen (secondary N) is 1. The highest BCUT2D eigenvalue weighted by Crippen LogP contribution is 2.46. The Morgan fingerprint density at radius 3 is 2.65 bits per heavy atom. The van der Waals surface area contributed by atoms with Gasteiger partial charge in [-0.25, -0.2) is 4.98 Å². The van der Waals surface area contributed by atoms with Gasteiger partial charge in [-0.3, -0.25) is 0 Å². The number of methoxy groups -OCH3 is 1. The van der Waals surface area contributed by atoms with Crippen molar-refractivity contribution in [2.24, 2.45) is 0 Å². The summed E-state index contributed by atoms with van der Waals surface area (Å²) in [5.41, 5.74) is 4.00. The molecule has 1 heterocycles. The number of aromatic nitrogens is 2. The Labute approximate surface area is 118 Å². The Morgan fingerprint density at radius 2 is 2.05 bits per heavy atom. The molecule has 4 nitrogen and oxygen atoms in total. The van der Waals surface area contributed by atoms with Crippen molar-refractivity contribution in [3.05, 3.63) is 35.3 Å². The van der Waals surface area contributed by atoms with E-state index in [9.17, 15) is 5.26 Å². The first-order chi connectivity index (χ1) is 9.61. The standard InChI is InChI=1S/C16H17N3O/c1-10-11(2)14(20-3)5-4-12(10)13-8-18-15(19-13)16(9-17)6-7-16/h4-5,8H,6-7H2,1-3H3,(H,18,19). The Kier molecular flexibility index (Phi) is 2.79. The molecule has 1 aromatic heterocycles. The van der Waals surface area contributed by atoms with Gasteiger partial charge < -0.3 is 9.72 Å². The maximum atomic E-state index is 9.23. The quantitative estimate of drug-likeness (QED) is 0.928. The summed E-state index contributed by atoms with van der Waals surface area (Å²) in [6, 6.07) is 6.36. The number of benzene rings is 1. The Morgan fingerprint density at radius 1 is 1.30 bits per heavy atom. The molecule has 1 fully saturated rings. The zero-order valence-corrected chi connectivity index (χ0v) is 11.9. The van der Waals surface area contributed by atoms with E-state index in [2.05, 4.69) is 23.0 Å². The second kappa shape index (κ2) is 4.38. The first kappa shape index (κ1) is 12.7. The fraction of sp³-hybridized carbons (Fsp3) is 0.375. The van der Waals surface area contributed by atoms with Gasteiger partial charge in [0.15, 0.2) is 0 Å². The van der Waals surface area contributed by atoms with Crippen LogP contribution in [-0.4, -0.2) is 17.1 Å². The summed E-state index contributed by atoms with van der Waals surface area (Å²) in [4.78, 5) is 7.72. The number of imidazole rings is 1. The van der Waals surface area contributed by atoms with Crippen molar-refractivity contribution in [2.75, 3.05) is 7.11 Å². The van der Waals surface area contributed by atoms with Crippen molar-refractivity contribution in [1.82, 2.24) is 9.97 Å². The Hall–Kier alpha value is -2.28. The van der Waals surface area contributed by atoms with Crippen LogP contribution in [0.4, 0.5) is 0 Å². The molecule has 20 heavy (non-hydrogen) atoms. The second-order valence-electron chi connectivity index (χ2n) is 5.40. The number of nitriles is 1. The average Bonchev–Trinajstić information content (AvgIpc) is 3.12. The molecule has 0 unspecified atom stereocenters. The van der Waals surface area contributed by atoms with Crippen molar-refractivity contribution >= 4 is 0 Å². The van der Waals surface area contributed by atoms with Crippen LogP contribution in [0.15, 0.2) is 18.3 Å². The molecule has 0 atom stereocenters. The van der Waals surface area contributed by atoms with Crippen molar-refractivity contribution in [3.8, 4) is 23.1 Å². The number of H-pyrrole nitrogens is 1. The lowest BCUT2D eigenvalue weighted by molar-refractivity contribution is 0.411. The predicted octanol–water partition coefficient (Wildman–Crippen LogP) is 3.26. The number of hydrogen-bond acceptors (Lipinski definition) is 3. The van der Waals surface area contributed by atoms with Gasteiger partial charge in [0.05, 0.1) is 25.1 Å². The summed E-state index contributed by atoms with van der Waals surface area (Å²) < 4.78 is 5.33. The molecule has 0 radical (unpaired) electrons. The minimum Gasteiger partial charge on any atom is -0.496 e. The highest BCUT2D eigenvalue weighted by atomic mass is 16.5. The molecule has 1 aliphatic carbocycles. The summed E-state index contributed by atoms with van der Waals surface area (Å²) in [6.45, 7) is 4.12. The topological polar surface area (TPSA) is 61.7 Å². The molecule has 0 aliphatic heterocycles. The molecular formula is C16H17N3O. The minimum atomic E-state index is -0.367. The Bertz CT molecular complexity index is 705. The Balaban J connectivity index is 2.03. The van der Waals surface area contributed by atoms with E-state index < -0.39 is 0 Å². The molecule has 1 aliphatic rings. The van der Waals surface area contributed by atoms with E-state index in [-0.39, 0.29) is 5.41 Å². The van der Waals surface area contributed by atoms with Gasteiger partial charge in [0.25, 0.3) is 0 Å². The highest BCUT2D eigenvalue weighted by Gasteiger charge is 2.47. The molecular weight excluding hydrogens is 250 g/mol. The number of ether oxygens (including phenoxy) is 1. The maximum Gasteiger partial charge on any atom is 0.127 e. The van der Waals surface area contributed by atoms with Gasteiger partial charge in [0.1, 0.15) is 17.0 Å². The molecule has 1 aromatic carbocycles. The van der Waals surface area contributed by atoms with E-state index in [1.54, 1.807) is 7.11 Å². The summed E-state index contributed by atoms with van der Waals surface area (Å²) in [5.74, 6) is 1.68. The van der Waals surface area contributed by atoms with Gasteiger partial charge >= 0.3 is 0 Å². The van der Waals surface area contributed by atoms with Crippen molar-refractivity contribution < 1.29 is 4.74 Å². The lowest BCUT2D eigenvalue weighted by Gasteiger charge is -2.11. The van der Waals surface area contributed by atoms with Crippen LogP contribution in [0.25, 0.3) is 11.3 Å². The molecule has 0 bridgehead atoms. The SMILES string of the molecule is COc1ccc(-c2cnc(C3(C#N)CC3)[nH]2)c(C)c1C. The van der Waals surface area contributed by atoms with Crippen molar-refractivity contribution in [1.29, 1.82) is 5.26 Å². The van der Waals surface area contributed by atoms with Crippen LogP contribution in [0, 0.1) is 25.2 Å². The van der Waals surface area contributed by atoms with Gasteiger partial charge in [0, 0.05) is 5.56 Å². The molecule has 0 amide bonds. The summed E-state index contributed by atoms with van der Waals surface area (Å²) in [5, 5.41) is 9.23. The summed E-state index contributed by atoms with van der Waals surface area (Å²) in [7, 11) is 1.68. The minimum absolute atomic E-state index is 0.367. The van der Waals surface area contributed by atoms with Crippen LogP contribution in [0.1, 0.15) is 29.8 Å². The molecule has 4 heteroatoms. The van der Waals surface area contributed by atoms with Crippen LogP contribution >= 0.6 is 0 Å². The summed E-state index contributed by atoms with van der Waals surface area (Å²) >= 11 is 0. The molecule has 1 saturated carbocycles. The van der Waals surface area contributed by atoms with Crippen LogP contribution in [0.3, 0.4) is 0 Å². The van der Waals surface area contributed by atoms with E-state index in [0.29, 0.717) is 0 Å². The first-order valence-electron chi connectivity index (χ1n) is 6.72. The molecule has 0 spiro atoms. The lowest BCUT2D eigenvalue weighted by atomic mass is 10.0. The number of rotatable bonds is 3. The molecule has 0 saturated heterocycles. The van der Waals surface area contributed by atoms with E-state index in [1.165, 1.54) is 5.56 Å². The smallest absolute Gasteiger partial charge is 0.127 e. The van der Waals surface area contributed by atoms with Crippen LogP contribution in [0.5, 0.6) is 5.75 Å². The van der Waals surface area contributed by atoms with Crippen LogP contribution < -0.4 is 4.74 Å². The van der Waals surface area contributed by atoms with E-state index >= 15 is 0 Å². The van der Waals surface area contributed by atoms with E-state index in [1.807, 2.05) is 25.3 Å². The predicted molar refractivity (Wildman–Crippen MR) is 76.6 cm³/mol. The number of hydrogen-bond donors (Lipinski definition) is 1. The first-order valence-corrected chi connectivity index (χ1v) is 6.72. The van der Waals surface area contributed by atoms with E-state index in [4.69, 9.17) is 4.74 Å². The molecule has 1 N–H and O–H groups in total. The van der Waals surface area contributed by atoms with Crippen molar-refractivity contribution in [3.63, 3.8) is 0 Å². The van der Waals surface area contributed by atoms with Gasteiger partial charge in [-0.05, 0) is 49.9 Å². The third kappa shape index (κ3) is 1.78. The van der Waals surface area contributed by atoms with Crippen LogP contribution in [-0.2, 0) is 5.41 Å². The summed E-state index contributed by atoms with van der Waals surface area (Å²) in [6.07, 6.45) is 3.62. The molecule has 2 aromatic rings. The van der Waals surface area contributed by atoms with Gasteiger partial charge in [-0.1, -0.05) is 0 Å². The normalized spacial score (nSPS) is 15.7. The van der Waals surface area contributed by atoms with Gasteiger partial charge in [-0.2, -0.15) is 5.26 Å². The highest BCUT2D eigenvalue weighted by molar-refractivity contribution is 5.67. The fourth-order valence-electron chi connectivity index (χ4n) is 2.54. The average molecular weight is 267 g/mol. The zero-order valence-electron chi connectivity index (χ0n) is 11.9.